The van der Waals surface area contributed by atoms with E-state index < -0.39 is 0 Å². The highest BCUT2D eigenvalue weighted by Crippen LogP contribution is 2.23. The van der Waals surface area contributed by atoms with Gasteiger partial charge in [0, 0.05) is 6.04 Å². The number of hydrogen-bond donors (Lipinski definition) is 1. The van der Waals surface area contributed by atoms with Gasteiger partial charge in [-0.05, 0) is 29.5 Å². The third-order valence-electron chi connectivity index (χ3n) is 2.78. The summed E-state index contributed by atoms with van der Waals surface area (Å²) in [4.78, 5) is 0. The molecule has 0 aromatic heterocycles. The van der Waals surface area contributed by atoms with Crippen LogP contribution in [0.2, 0.25) is 0 Å². The Hall–Kier alpha value is -1.09. The average Bonchev–Trinajstić information content (AvgIpc) is 2.16. The van der Waals surface area contributed by atoms with Gasteiger partial charge in [0.15, 0.2) is 11.6 Å². The van der Waals surface area contributed by atoms with Gasteiger partial charge in [-0.15, -0.1) is 0 Å². The number of ether oxygens (including phenoxy) is 1. The first-order valence-electron chi connectivity index (χ1n) is 5.42. The summed E-state index contributed by atoms with van der Waals surface area (Å²) < 4.78 is 18.3. The fourth-order valence-corrected chi connectivity index (χ4v) is 1.40. The number of nitrogens with two attached hydrogens (primary N) is 1. The molecule has 0 amide bonds. The van der Waals surface area contributed by atoms with Gasteiger partial charge in [0.2, 0.25) is 0 Å². The molecule has 1 aromatic carbocycles. The summed E-state index contributed by atoms with van der Waals surface area (Å²) >= 11 is 0. The zero-order valence-electron chi connectivity index (χ0n) is 10.4. The van der Waals surface area contributed by atoms with Crippen LogP contribution in [0, 0.1) is 11.2 Å². The van der Waals surface area contributed by atoms with Crippen LogP contribution >= 0.6 is 0 Å². The lowest BCUT2D eigenvalue weighted by atomic mass is 9.84. The van der Waals surface area contributed by atoms with Gasteiger partial charge in [0.1, 0.15) is 0 Å². The highest BCUT2D eigenvalue weighted by Gasteiger charge is 2.21. The summed E-state index contributed by atoms with van der Waals surface area (Å²) in [6, 6.07) is 5.00. The zero-order valence-corrected chi connectivity index (χ0v) is 10.4. The average molecular weight is 225 g/mol. The summed E-state index contributed by atoms with van der Waals surface area (Å²) in [5.41, 5.74) is 6.98. The van der Waals surface area contributed by atoms with E-state index in [1.807, 2.05) is 6.07 Å². The van der Waals surface area contributed by atoms with Gasteiger partial charge < -0.3 is 10.5 Å². The molecule has 0 aliphatic heterocycles. The largest absolute Gasteiger partial charge is 0.494 e. The second-order valence-corrected chi connectivity index (χ2v) is 5.15. The van der Waals surface area contributed by atoms with E-state index in [1.165, 1.54) is 13.2 Å². The normalized spacial score (nSPS) is 13.6. The molecule has 0 fully saturated rings. The Labute approximate surface area is 96.6 Å². The Balaban J connectivity index is 2.79. The van der Waals surface area contributed by atoms with Gasteiger partial charge in [-0.1, -0.05) is 26.8 Å². The second kappa shape index (κ2) is 4.83. The van der Waals surface area contributed by atoms with Gasteiger partial charge in [-0.25, -0.2) is 4.39 Å². The maximum atomic E-state index is 13.4. The Bertz CT molecular complexity index is 357. The topological polar surface area (TPSA) is 35.2 Å². The predicted octanol–water partition coefficient (Wildman–Crippen LogP) is 2.75. The summed E-state index contributed by atoms with van der Waals surface area (Å²) in [7, 11) is 1.46. The Kier molecular flexibility index (Phi) is 3.92. The quantitative estimate of drug-likeness (QED) is 0.858. The molecular weight excluding hydrogens is 205 g/mol. The third-order valence-corrected chi connectivity index (χ3v) is 2.78. The molecule has 0 saturated carbocycles. The standard InChI is InChI=1S/C13H20FNO/c1-13(2,3)12(15)8-9-5-6-11(16-4)10(14)7-9/h5-7,12H,8,15H2,1-4H3. The molecule has 0 radical (unpaired) electrons. The van der Waals surface area contributed by atoms with Gasteiger partial charge >= 0.3 is 0 Å². The molecule has 2 N–H and O–H groups in total. The molecular formula is C13H20FNO. The van der Waals surface area contributed by atoms with Crippen LogP contribution in [0.25, 0.3) is 0 Å². The SMILES string of the molecule is COc1ccc(CC(N)C(C)(C)C)cc1F. The van der Waals surface area contributed by atoms with E-state index >= 15 is 0 Å². The van der Waals surface area contributed by atoms with Crippen molar-refractivity contribution in [3.63, 3.8) is 0 Å². The molecule has 1 rings (SSSR count). The molecule has 1 aromatic rings. The maximum absolute atomic E-state index is 13.4. The van der Waals surface area contributed by atoms with Crippen LogP contribution in [0.1, 0.15) is 26.3 Å². The molecule has 3 heteroatoms. The highest BCUT2D eigenvalue weighted by molar-refractivity contribution is 5.29. The van der Waals surface area contributed by atoms with E-state index in [2.05, 4.69) is 20.8 Å². The molecule has 0 saturated heterocycles. The van der Waals surface area contributed by atoms with Gasteiger partial charge in [-0.2, -0.15) is 0 Å². The maximum Gasteiger partial charge on any atom is 0.165 e. The van der Waals surface area contributed by atoms with Crippen LogP contribution in [0.3, 0.4) is 0 Å². The third kappa shape index (κ3) is 3.20. The second-order valence-electron chi connectivity index (χ2n) is 5.15. The van der Waals surface area contributed by atoms with E-state index in [-0.39, 0.29) is 23.0 Å². The lowest BCUT2D eigenvalue weighted by Crippen LogP contribution is -2.36. The van der Waals surface area contributed by atoms with Crippen LogP contribution in [0.15, 0.2) is 18.2 Å². The van der Waals surface area contributed by atoms with Crippen molar-refractivity contribution in [2.75, 3.05) is 7.11 Å². The first-order valence-corrected chi connectivity index (χ1v) is 5.42. The number of rotatable bonds is 3. The van der Waals surface area contributed by atoms with Crippen LogP contribution in [-0.4, -0.2) is 13.2 Å². The van der Waals surface area contributed by atoms with Crippen molar-refractivity contribution in [1.82, 2.24) is 0 Å². The van der Waals surface area contributed by atoms with Crippen molar-refractivity contribution in [2.45, 2.75) is 33.2 Å². The van der Waals surface area contributed by atoms with Crippen molar-refractivity contribution in [3.8, 4) is 5.75 Å². The first kappa shape index (κ1) is 13.0. The molecule has 0 aliphatic rings. The van der Waals surface area contributed by atoms with Crippen LogP contribution < -0.4 is 10.5 Å². The molecule has 0 bridgehead atoms. The molecule has 16 heavy (non-hydrogen) atoms. The van der Waals surface area contributed by atoms with Crippen molar-refractivity contribution in [2.24, 2.45) is 11.1 Å². The number of halogens is 1. The van der Waals surface area contributed by atoms with E-state index in [1.54, 1.807) is 6.07 Å². The van der Waals surface area contributed by atoms with E-state index in [4.69, 9.17) is 10.5 Å². The highest BCUT2D eigenvalue weighted by atomic mass is 19.1. The van der Waals surface area contributed by atoms with Crippen molar-refractivity contribution in [1.29, 1.82) is 0 Å². The molecule has 0 spiro atoms. The van der Waals surface area contributed by atoms with Crippen molar-refractivity contribution in [3.05, 3.63) is 29.6 Å². The minimum atomic E-state index is -0.332. The Morgan fingerprint density at radius 2 is 2.00 bits per heavy atom. The zero-order chi connectivity index (χ0) is 12.3. The molecule has 90 valence electrons. The summed E-state index contributed by atoms with van der Waals surface area (Å²) in [6.45, 7) is 6.24. The summed E-state index contributed by atoms with van der Waals surface area (Å²) in [5, 5.41) is 0. The lowest BCUT2D eigenvalue weighted by molar-refractivity contribution is 0.318. The van der Waals surface area contributed by atoms with Gasteiger partial charge in [-0.3, -0.25) is 0 Å². The van der Waals surface area contributed by atoms with E-state index in [9.17, 15) is 4.39 Å². The summed E-state index contributed by atoms with van der Waals surface area (Å²) in [6.07, 6.45) is 0.671. The van der Waals surface area contributed by atoms with Crippen LogP contribution in [-0.2, 0) is 6.42 Å². The summed E-state index contributed by atoms with van der Waals surface area (Å²) in [5.74, 6) is -0.0609. The van der Waals surface area contributed by atoms with Crippen molar-refractivity contribution < 1.29 is 9.13 Å². The van der Waals surface area contributed by atoms with Crippen LogP contribution in [0.4, 0.5) is 4.39 Å². The van der Waals surface area contributed by atoms with E-state index in [0.717, 1.165) is 5.56 Å². The van der Waals surface area contributed by atoms with Crippen LogP contribution in [0.5, 0.6) is 5.75 Å². The monoisotopic (exact) mass is 225 g/mol. The minimum absolute atomic E-state index is 0.0142. The molecule has 1 unspecified atom stereocenters. The Morgan fingerprint density at radius 1 is 1.38 bits per heavy atom. The van der Waals surface area contributed by atoms with Gasteiger partial charge in [0.25, 0.3) is 0 Å². The molecule has 2 nitrogen and oxygen atoms in total. The Morgan fingerprint density at radius 3 is 2.44 bits per heavy atom. The fourth-order valence-electron chi connectivity index (χ4n) is 1.40. The fraction of sp³-hybridized carbons (Fsp3) is 0.538. The predicted molar refractivity (Wildman–Crippen MR) is 64.1 cm³/mol. The minimum Gasteiger partial charge on any atom is -0.494 e. The molecule has 0 heterocycles. The molecule has 0 aliphatic carbocycles. The van der Waals surface area contributed by atoms with Gasteiger partial charge in [0.05, 0.1) is 7.11 Å². The number of methoxy groups -OCH3 is 1. The molecule has 1 atom stereocenters. The first-order chi connectivity index (χ1) is 7.34. The lowest BCUT2D eigenvalue weighted by Gasteiger charge is -2.27. The van der Waals surface area contributed by atoms with Crippen molar-refractivity contribution >= 4 is 0 Å². The number of hydrogen-bond acceptors (Lipinski definition) is 2. The van der Waals surface area contributed by atoms with E-state index in [0.29, 0.717) is 6.42 Å². The smallest absolute Gasteiger partial charge is 0.165 e. The number of benzene rings is 1.